The number of para-hydroxylation sites is 1. The molecule has 1 heterocycles. The largest absolute Gasteiger partial charge is 0.481 e. The highest BCUT2D eigenvalue weighted by atomic mass is 35.5. The van der Waals surface area contributed by atoms with Crippen LogP contribution in [0.4, 0.5) is 8.78 Å². The van der Waals surface area contributed by atoms with Crippen molar-refractivity contribution < 1.29 is 36.6 Å². The third-order valence-corrected chi connectivity index (χ3v) is 12.2. The number of carboxylic acids is 1. The first-order valence-corrected chi connectivity index (χ1v) is 16.2. The number of carbonyl (C=O) groups is 2. The molecule has 2 aliphatic carbocycles. The molecule has 1 N–H and O–H groups in total. The predicted octanol–water partition coefficient (Wildman–Crippen LogP) is 6.52. The van der Waals surface area contributed by atoms with E-state index in [0.29, 0.717) is 55.4 Å². The minimum atomic E-state index is -4.15. The fourth-order valence-electron chi connectivity index (χ4n) is 7.18. The first-order chi connectivity index (χ1) is 20.5. The number of amides is 1. The number of likely N-dealkylation sites (tertiary alicyclic amines) is 1. The van der Waals surface area contributed by atoms with Crippen LogP contribution in [-0.2, 0) is 30.6 Å². The zero-order chi connectivity index (χ0) is 30.5. The van der Waals surface area contributed by atoms with Gasteiger partial charge in [0.1, 0.15) is 16.3 Å². The van der Waals surface area contributed by atoms with Gasteiger partial charge in [0, 0.05) is 12.5 Å². The van der Waals surface area contributed by atoms with E-state index in [1.807, 2.05) is 0 Å². The molecule has 43 heavy (non-hydrogen) atoms. The fraction of sp³-hybridized carbons (Fsp3) is 0.375. The maximum absolute atomic E-state index is 14.6. The molecule has 6 rings (SSSR count). The van der Waals surface area contributed by atoms with E-state index in [4.69, 9.17) is 16.3 Å². The minimum Gasteiger partial charge on any atom is -0.481 e. The number of rotatable bonds is 6. The Morgan fingerprint density at radius 3 is 2.33 bits per heavy atom. The molecule has 0 spiro atoms. The molecular weight excluding hydrogens is 600 g/mol. The van der Waals surface area contributed by atoms with Gasteiger partial charge >= 0.3 is 5.97 Å². The summed E-state index contributed by atoms with van der Waals surface area (Å²) in [6.45, 7) is 0.214. The van der Waals surface area contributed by atoms with E-state index in [1.54, 1.807) is 23.1 Å². The average Bonchev–Trinajstić information content (AvgIpc) is 3.40. The van der Waals surface area contributed by atoms with Crippen molar-refractivity contribution in [1.29, 1.82) is 0 Å². The molecule has 11 heteroatoms. The molecule has 2 atom stereocenters. The highest BCUT2D eigenvalue weighted by Crippen LogP contribution is 2.54. The number of aliphatic carboxylic acids is 1. The van der Waals surface area contributed by atoms with Crippen LogP contribution >= 0.6 is 11.6 Å². The molecule has 1 amide bonds. The Balaban J connectivity index is 1.39. The molecule has 1 aliphatic heterocycles. The van der Waals surface area contributed by atoms with E-state index in [1.165, 1.54) is 30.3 Å². The lowest BCUT2D eigenvalue weighted by atomic mass is 9.77. The molecule has 3 aliphatic rings. The van der Waals surface area contributed by atoms with Gasteiger partial charge in [0.25, 0.3) is 0 Å². The van der Waals surface area contributed by atoms with Crippen LogP contribution in [0.25, 0.3) is 0 Å². The van der Waals surface area contributed by atoms with Crippen molar-refractivity contribution in [3.8, 4) is 11.5 Å². The molecular formula is C32H30ClF2NO6S. The highest BCUT2D eigenvalue weighted by Gasteiger charge is 2.61. The first kappa shape index (κ1) is 29.6. The van der Waals surface area contributed by atoms with Crippen LogP contribution in [0.15, 0.2) is 65.6 Å². The molecule has 0 radical (unpaired) electrons. The maximum atomic E-state index is 14.6. The van der Waals surface area contributed by atoms with Gasteiger partial charge in [0.05, 0.1) is 21.9 Å². The van der Waals surface area contributed by atoms with Gasteiger partial charge in [-0.05, 0) is 105 Å². The van der Waals surface area contributed by atoms with Crippen LogP contribution in [0.2, 0.25) is 5.02 Å². The Kier molecular flexibility index (Phi) is 7.71. The van der Waals surface area contributed by atoms with Gasteiger partial charge in [-0.1, -0.05) is 23.7 Å². The van der Waals surface area contributed by atoms with E-state index >= 15 is 0 Å². The topological polar surface area (TPSA) is 101 Å². The molecule has 0 bridgehead atoms. The number of carbonyl (C=O) groups excluding carboxylic acids is 1. The van der Waals surface area contributed by atoms with Crippen molar-refractivity contribution in [2.24, 2.45) is 11.8 Å². The summed E-state index contributed by atoms with van der Waals surface area (Å²) in [5.74, 6) is -2.90. The lowest BCUT2D eigenvalue weighted by Crippen LogP contribution is -2.53. The van der Waals surface area contributed by atoms with Gasteiger partial charge in [0.2, 0.25) is 5.91 Å². The summed E-state index contributed by atoms with van der Waals surface area (Å²) in [6, 6.07) is 13.2. The number of hydrogen-bond donors (Lipinski definition) is 1. The molecule has 0 unspecified atom stereocenters. The van der Waals surface area contributed by atoms with Gasteiger partial charge in [-0.25, -0.2) is 17.2 Å². The summed E-state index contributed by atoms with van der Waals surface area (Å²) in [7, 11) is -4.15. The molecule has 0 aromatic heterocycles. The normalized spacial score (nSPS) is 25.1. The third-order valence-electron chi connectivity index (χ3n) is 9.31. The van der Waals surface area contributed by atoms with Gasteiger partial charge in [-0.2, -0.15) is 0 Å². The average molecular weight is 630 g/mol. The van der Waals surface area contributed by atoms with Gasteiger partial charge in [-0.3, -0.25) is 9.59 Å². The maximum Gasteiger partial charge on any atom is 0.306 e. The van der Waals surface area contributed by atoms with Gasteiger partial charge < -0.3 is 14.7 Å². The number of aryl methyl sites for hydroxylation is 1. The van der Waals surface area contributed by atoms with E-state index in [0.717, 1.165) is 12.1 Å². The molecule has 2 fully saturated rings. The lowest BCUT2D eigenvalue weighted by molar-refractivity contribution is -0.146. The summed E-state index contributed by atoms with van der Waals surface area (Å²) in [4.78, 5) is 27.0. The Bertz CT molecular complexity index is 1670. The molecule has 3 aromatic rings. The van der Waals surface area contributed by atoms with Crippen LogP contribution in [0.5, 0.6) is 11.5 Å². The number of ether oxygens (including phenoxy) is 1. The Hall–Kier alpha value is -3.50. The fourth-order valence-corrected chi connectivity index (χ4v) is 9.74. The summed E-state index contributed by atoms with van der Waals surface area (Å²) in [5.41, 5.74) is 1.23. The number of hydrogen-bond acceptors (Lipinski definition) is 5. The van der Waals surface area contributed by atoms with Crippen LogP contribution < -0.4 is 4.74 Å². The van der Waals surface area contributed by atoms with E-state index in [2.05, 4.69) is 0 Å². The Morgan fingerprint density at radius 2 is 1.65 bits per heavy atom. The molecule has 7 nitrogen and oxygen atoms in total. The number of halogens is 3. The minimum absolute atomic E-state index is 0.0403. The van der Waals surface area contributed by atoms with Crippen LogP contribution in [0.3, 0.4) is 0 Å². The van der Waals surface area contributed by atoms with Crippen molar-refractivity contribution in [1.82, 2.24) is 4.90 Å². The molecule has 3 aromatic carbocycles. The summed E-state index contributed by atoms with van der Waals surface area (Å²) in [6.07, 6.45) is 2.62. The highest BCUT2D eigenvalue weighted by molar-refractivity contribution is 7.92. The number of sulfone groups is 1. The van der Waals surface area contributed by atoms with E-state index in [9.17, 15) is 31.9 Å². The summed E-state index contributed by atoms with van der Waals surface area (Å²) >= 11 is 6.15. The zero-order valence-electron chi connectivity index (χ0n) is 23.1. The van der Waals surface area contributed by atoms with Crippen molar-refractivity contribution in [3.05, 3.63) is 88.4 Å². The molecule has 1 saturated carbocycles. The van der Waals surface area contributed by atoms with E-state index < -0.39 is 44.1 Å². The number of carboxylic acid groups (broad SMARTS) is 1. The quantitative estimate of drug-likeness (QED) is 0.312. The monoisotopic (exact) mass is 629 g/mol. The smallest absolute Gasteiger partial charge is 0.306 e. The second-order valence-corrected chi connectivity index (χ2v) is 14.2. The van der Waals surface area contributed by atoms with Crippen LogP contribution in [-0.4, -0.2) is 42.9 Å². The van der Waals surface area contributed by atoms with Gasteiger partial charge in [-0.15, -0.1) is 0 Å². The van der Waals surface area contributed by atoms with E-state index in [-0.39, 0.29) is 40.5 Å². The van der Waals surface area contributed by atoms with Crippen LogP contribution in [0.1, 0.15) is 49.7 Å². The second kappa shape index (κ2) is 11.2. The third kappa shape index (κ3) is 4.98. The summed E-state index contributed by atoms with van der Waals surface area (Å²) in [5, 5.41) is 9.47. The second-order valence-electron chi connectivity index (χ2n) is 11.5. The van der Waals surface area contributed by atoms with Crippen molar-refractivity contribution >= 4 is 33.3 Å². The van der Waals surface area contributed by atoms with Crippen molar-refractivity contribution in [2.45, 2.75) is 60.6 Å². The first-order valence-electron chi connectivity index (χ1n) is 14.3. The number of nitrogens with zero attached hydrogens (tertiary/aromatic N) is 1. The predicted molar refractivity (Wildman–Crippen MR) is 155 cm³/mol. The number of benzene rings is 3. The molecule has 226 valence electrons. The lowest BCUT2D eigenvalue weighted by Gasteiger charge is -2.43. The summed E-state index contributed by atoms with van der Waals surface area (Å²) < 4.78 is 61.7. The van der Waals surface area contributed by atoms with Gasteiger partial charge in [0.15, 0.2) is 21.4 Å². The van der Waals surface area contributed by atoms with Crippen molar-refractivity contribution in [3.63, 3.8) is 0 Å². The zero-order valence-corrected chi connectivity index (χ0v) is 24.7. The number of fused-ring (bicyclic) bond motifs is 3. The standard InChI is InChI=1S/C32H30ClF2NO6S/c33-26-2-1-3-27(35)29(26)42-23-11-14-25-21(18-23)8-15-28-32(25,43(40,41)24-12-9-22(34)10-13-24)16-17-36(28)30(37)19-4-6-20(7-5-19)31(38)39/h1-3,9-14,18-20,28H,4-8,15-17H2,(H,38,39)/t19?,20?,28-,32-/m1/s1. The molecule has 1 saturated heterocycles. The Labute approximate surface area is 253 Å². The van der Waals surface area contributed by atoms with Crippen LogP contribution in [0, 0.1) is 23.5 Å². The van der Waals surface area contributed by atoms with Crippen molar-refractivity contribution in [2.75, 3.05) is 6.54 Å². The Morgan fingerprint density at radius 1 is 0.953 bits per heavy atom. The SMILES string of the molecule is O=C(O)C1CCC(C(=O)N2CC[C@@]3(S(=O)(=O)c4ccc(F)cc4)c4ccc(Oc5c(F)cccc5Cl)cc4CC[C@@H]23)CC1.